The third-order valence-electron chi connectivity index (χ3n) is 4.49. The third kappa shape index (κ3) is 7.50. The summed E-state index contributed by atoms with van der Waals surface area (Å²) in [6, 6.07) is 3.52. The van der Waals surface area contributed by atoms with E-state index in [0.717, 1.165) is 11.2 Å². The van der Waals surface area contributed by atoms with Crippen molar-refractivity contribution in [3.8, 4) is 30.1 Å². The Morgan fingerprint density at radius 3 is 2.19 bits per heavy atom. The number of aryl methyl sites for hydroxylation is 1. The molecule has 0 aliphatic heterocycles. The average Bonchev–Trinajstić information content (AvgIpc) is 3.18. The van der Waals surface area contributed by atoms with Crippen LogP contribution in [0.2, 0.25) is 0 Å². The lowest BCUT2D eigenvalue weighted by Gasteiger charge is -2.14. The quantitative estimate of drug-likeness (QED) is 0.207. The van der Waals surface area contributed by atoms with E-state index in [9.17, 15) is 4.79 Å². The van der Waals surface area contributed by atoms with Crippen LogP contribution in [0.1, 0.15) is 32.3 Å². The number of ether oxygens (including phenoxy) is 4. The van der Waals surface area contributed by atoms with Gasteiger partial charge in [-0.05, 0) is 26.8 Å². The lowest BCUT2D eigenvalue weighted by molar-refractivity contribution is -0.137. The summed E-state index contributed by atoms with van der Waals surface area (Å²) in [5.74, 6) is 2.57. The standard InChI is InChI=1S/C21H25N5O5.C3H6.C2H2/c1-7-15(31-13(3)27)10-19-23-12(2)16-11-22-21(25-26(16)19)24-14-8-17(28-4)20(30-6)18(9-14)29-5;1-3-2;1-2/h7-9,11H,10H2,1-6H3,(H,24,25);3H,1H2,2H3;1-2H/b15-7+;;. The highest BCUT2D eigenvalue weighted by atomic mass is 16.5. The maximum Gasteiger partial charge on any atom is 0.307 e. The average molecular weight is 496 g/mol. The fraction of sp³-hybridized carbons (Fsp3) is 0.308. The summed E-state index contributed by atoms with van der Waals surface area (Å²) in [6.07, 6.45) is 13.5. The molecule has 10 heteroatoms. The van der Waals surface area contributed by atoms with E-state index in [1.165, 1.54) is 6.92 Å². The van der Waals surface area contributed by atoms with E-state index in [0.29, 0.717) is 46.9 Å². The number of nitrogens with zero attached hydrogens (tertiary/aromatic N) is 4. The van der Waals surface area contributed by atoms with Crippen LogP contribution in [0.5, 0.6) is 17.2 Å². The molecule has 0 saturated heterocycles. The number of terminal acetylenes is 1. The van der Waals surface area contributed by atoms with Gasteiger partial charge in [-0.2, -0.15) is 0 Å². The van der Waals surface area contributed by atoms with Crippen molar-refractivity contribution in [3.05, 3.63) is 54.3 Å². The maximum absolute atomic E-state index is 11.3. The summed E-state index contributed by atoms with van der Waals surface area (Å²) in [6.45, 7) is 10.3. The van der Waals surface area contributed by atoms with Crippen molar-refractivity contribution in [2.75, 3.05) is 26.6 Å². The second kappa shape index (κ2) is 14.7. The molecule has 10 nitrogen and oxygen atoms in total. The van der Waals surface area contributed by atoms with Gasteiger partial charge in [0.25, 0.3) is 0 Å². The molecule has 2 heterocycles. The first kappa shape index (κ1) is 29.5. The number of aromatic nitrogens is 4. The Bertz CT molecular complexity index is 1210. The Morgan fingerprint density at radius 2 is 1.72 bits per heavy atom. The van der Waals surface area contributed by atoms with Gasteiger partial charge in [-0.15, -0.1) is 24.5 Å². The van der Waals surface area contributed by atoms with Crippen molar-refractivity contribution in [3.63, 3.8) is 0 Å². The molecule has 0 spiro atoms. The monoisotopic (exact) mass is 495 g/mol. The SMILES string of the molecule is C#C.C/C=C(\Cc1nc(C)c2cnc(Nc3cc(OC)c(OC)c(OC)c3)nn12)OC(C)=O.C=CC. The Kier molecular flexibility index (Phi) is 12.0. The van der Waals surface area contributed by atoms with Gasteiger partial charge in [-0.3, -0.25) is 4.79 Å². The molecule has 1 N–H and O–H groups in total. The van der Waals surface area contributed by atoms with Crippen LogP contribution in [0.15, 0.2) is 42.8 Å². The Labute approximate surface area is 212 Å². The van der Waals surface area contributed by atoms with E-state index < -0.39 is 0 Å². The number of methoxy groups -OCH3 is 3. The number of hydrogen-bond donors (Lipinski definition) is 1. The number of hydrogen-bond acceptors (Lipinski definition) is 9. The van der Waals surface area contributed by atoms with Gasteiger partial charge in [0, 0.05) is 24.7 Å². The predicted molar refractivity (Wildman–Crippen MR) is 140 cm³/mol. The smallest absolute Gasteiger partial charge is 0.307 e. The van der Waals surface area contributed by atoms with Gasteiger partial charge < -0.3 is 24.3 Å². The molecule has 3 rings (SSSR count). The van der Waals surface area contributed by atoms with Gasteiger partial charge in [-0.25, -0.2) is 14.5 Å². The minimum absolute atomic E-state index is 0.311. The maximum atomic E-state index is 11.3. The van der Waals surface area contributed by atoms with Crippen molar-refractivity contribution in [2.24, 2.45) is 0 Å². The van der Waals surface area contributed by atoms with Gasteiger partial charge in [0.2, 0.25) is 11.7 Å². The minimum atomic E-state index is -0.384. The molecule has 1 aromatic carbocycles. The normalized spacial score (nSPS) is 10.2. The van der Waals surface area contributed by atoms with Crippen molar-refractivity contribution >= 4 is 23.1 Å². The zero-order valence-electron chi connectivity index (χ0n) is 21.8. The van der Waals surface area contributed by atoms with E-state index in [-0.39, 0.29) is 5.97 Å². The van der Waals surface area contributed by atoms with Crippen LogP contribution in [0.3, 0.4) is 0 Å². The number of esters is 1. The van der Waals surface area contributed by atoms with Gasteiger partial charge in [0.15, 0.2) is 11.5 Å². The van der Waals surface area contributed by atoms with E-state index in [2.05, 4.69) is 39.8 Å². The summed E-state index contributed by atoms with van der Waals surface area (Å²) in [7, 11) is 4.64. The first-order chi connectivity index (χ1) is 17.3. The van der Waals surface area contributed by atoms with E-state index in [1.54, 1.807) is 63.3 Å². The van der Waals surface area contributed by atoms with E-state index in [4.69, 9.17) is 18.9 Å². The number of nitrogens with one attached hydrogen (secondary N) is 1. The topological polar surface area (TPSA) is 109 Å². The largest absolute Gasteiger partial charge is 0.493 e. The molecule has 192 valence electrons. The van der Waals surface area contributed by atoms with Crippen molar-refractivity contribution in [1.82, 2.24) is 19.6 Å². The predicted octanol–water partition coefficient (Wildman–Crippen LogP) is 4.65. The number of carbonyl (C=O) groups excluding carboxylic acids is 1. The van der Waals surface area contributed by atoms with Gasteiger partial charge in [-0.1, -0.05) is 6.08 Å². The van der Waals surface area contributed by atoms with E-state index >= 15 is 0 Å². The number of benzene rings is 1. The molecule has 3 aromatic rings. The second-order valence-corrected chi connectivity index (χ2v) is 6.96. The molecule has 0 fully saturated rings. The Morgan fingerprint density at radius 1 is 1.14 bits per heavy atom. The fourth-order valence-electron chi connectivity index (χ4n) is 3.08. The lowest BCUT2D eigenvalue weighted by atomic mass is 10.2. The van der Waals surface area contributed by atoms with Crippen LogP contribution in [-0.4, -0.2) is 46.9 Å². The summed E-state index contributed by atoms with van der Waals surface area (Å²) < 4.78 is 23.0. The number of rotatable bonds is 8. The summed E-state index contributed by atoms with van der Waals surface area (Å²) in [4.78, 5) is 20.3. The first-order valence-corrected chi connectivity index (χ1v) is 10.8. The van der Waals surface area contributed by atoms with E-state index in [1.807, 2.05) is 13.8 Å². The molecule has 0 saturated carbocycles. The van der Waals surface area contributed by atoms with Gasteiger partial charge in [0.1, 0.15) is 17.1 Å². The number of fused-ring (bicyclic) bond motifs is 1. The van der Waals surface area contributed by atoms with Crippen LogP contribution in [0.4, 0.5) is 11.6 Å². The molecule has 0 atom stereocenters. The van der Waals surface area contributed by atoms with Gasteiger partial charge in [0.05, 0.1) is 39.6 Å². The Hall–Kier alpha value is -4.52. The zero-order valence-corrected chi connectivity index (χ0v) is 21.8. The second-order valence-electron chi connectivity index (χ2n) is 6.96. The number of carbonyl (C=O) groups is 1. The minimum Gasteiger partial charge on any atom is -0.493 e. The first-order valence-electron chi connectivity index (χ1n) is 10.8. The summed E-state index contributed by atoms with van der Waals surface area (Å²) in [5.41, 5.74) is 2.18. The molecule has 2 aromatic heterocycles. The zero-order chi connectivity index (χ0) is 27.3. The van der Waals surface area contributed by atoms with Crippen LogP contribution in [-0.2, 0) is 16.0 Å². The molecular formula is C26H33N5O5. The van der Waals surface area contributed by atoms with Gasteiger partial charge >= 0.3 is 5.97 Å². The molecular weight excluding hydrogens is 462 g/mol. The van der Waals surface area contributed by atoms with Crippen molar-refractivity contribution in [2.45, 2.75) is 34.1 Å². The molecule has 0 unspecified atom stereocenters. The number of allylic oxidation sites excluding steroid dienone is 3. The van der Waals surface area contributed by atoms with Crippen LogP contribution in [0, 0.1) is 19.8 Å². The number of anilines is 2. The molecule has 36 heavy (non-hydrogen) atoms. The highest BCUT2D eigenvalue weighted by Gasteiger charge is 2.16. The van der Waals surface area contributed by atoms with Crippen LogP contribution < -0.4 is 19.5 Å². The lowest BCUT2D eigenvalue weighted by Crippen LogP contribution is -2.08. The highest BCUT2D eigenvalue weighted by molar-refractivity contribution is 5.67. The molecule has 0 aliphatic carbocycles. The molecule has 0 aliphatic rings. The van der Waals surface area contributed by atoms with Crippen molar-refractivity contribution < 1.29 is 23.7 Å². The molecule has 0 radical (unpaired) electrons. The Balaban J connectivity index is 0.00000120. The van der Waals surface area contributed by atoms with Crippen molar-refractivity contribution in [1.29, 1.82) is 0 Å². The highest BCUT2D eigenvalue weighted by Crippen LogP contribution is 2.40. The molecule has 0 amide bonds. The third-order valence-corrected chi connectivity index (χ3v) is 4.49. The van der Waals surface area contributed by atoms with Crippen LogP contribution in [0.25, 0.3) is 5.52 Å². The fourth-order valence-corrected chi connectivity index (χ4v) is 3.08. The molecule has 0 bridgehead atoms. The van der Waals surface area contributed by atoms with Crippen LogP contribution >= 0.6 is 0 Å². The number of imidazole rings is 1. The summed E-state index contributed by atoms with van der Waals surface area (Å²) >= 11 is 0. The summed E-state index contributed by atoms with van der Waals surface area (Å²) in [5, 5.41) is 7.71.